The van der Waals surface area contributed by atoms with E-state index in [-0.39, 0.29) is 60.6 Å². The van der Waals surface area contributed by atoms with Gasteiger partial charge in [-0.1, -0.05) is 176 Å². The zero-order valence-corrected chi connectivity index (χ0v) is 41.3. The average molecular weight is 1090 g/mol. The van der Waals surface area contributed by atoms with Crippen molar-refractivity contribution in [3.05, 3.63) is 191 Å². The fourth-order valence-corrected chi connectivity index (χ4v) is 8.58. The number of para-hydroxylation sites is 1. The van der Waals surface area contributed by atoms with Crippen molar-refractivity contribution in [1.29, 1.82) is 0 Å². The maximum Gasteiger partial charge on any atom is 0.148 e. The number of fused-ring (bicyclic) bond motifs is 1. The van der Waals surface area contributed by atoms with Crippen molar-refractivity contribution in [3.8, 4) is 78.6 Å². The van der Waals surface area contributed by atoms with Crippen LogP contribution >= 0.6 is 0 Å². The molecule has 2 aromatic heterocycles. The van der Waals surface area contributed by atoms with Crippen LogP contribution in [0.3, 0.4) is 0 Å². The van der Waals surface area contributed by atoms with Gasteiger partial charge in [0.1, 0.15) is 11.6 Å². The van der Waals surface area contributed by atoms with Gasteiger partial charge in [0.2, 0.25) is 0 Å². The van der Waals surface area contributed by atoms with Crippen LogP contribution in [0.1, 0.15) is 122 Å². The molecular weight excluding hydrogens is 1010 g/mol. The molecule has 0 unspecified atom stereocenters. The molecule has 2 heterocycles. The van der Waals surface area contributed by atoms with Gasteiger partial charge in [-0.2, -0.15) is 0 Å². The Morgan fingerprint density at radius 1 is 0.618 bits per heavy atom. The molecule has 0 fully saturated rings. The number of imidazole rings is 1. The van der Waals surface area contributed by atoms with Crippen molar-refractivity contribution >= 4 is 11.0 Å². The predicted molar refractivity (Wildman–Crippen MR) is 282 cm³/mol. The molecule has 68 heavy (non-hydrogen) atoms. The first kappa shape index (κ1) is 29.5. The Morgan fingerprint density at radius 2 is 1.34 bits per heavy atom. The van der Waals surface area contributed by atoms with Gasteiger partial charge in [-0.3, -0.25) is 9.55 Å². The van der Waals surface area contributed by atoms with Crippen LogP contribution in [-0.2, 0) is 37.3 Å². The number of aryl methyl sites for hydroxylation is 3. The number of nitrogens with zero attached hydrogens (tertiary/aromatic N) is 3. The van der Waals surface area contributed by atoms with E-state index < -0.39 is 97.4 Å². The molecule has 7 aromatic carbocycles. The minimum absolute atomic E-state index is 0. The summed E-state index contributed by atoms with van der Waals surface area (Å²) in [4.78, 5) is 9.64. The molecule has 9 aromatic rings. The first-order valence-corrected chi connectivity index (χ1v) is 22.0. The van der Waals surface area contributed by atoms with Gasteiger partial charge in [-0.05, 0) is 128 Å². The van der Waals surface area contributed by atoms with Crippen LogP contribution in [0, 0.1) is 26.8 Å². The quantitative estimate of drug-likeness (QED) is 0.162. The van der Waals surface area contributed by atoms with Gasteiger partial charge in [-0.15, -0.1) is 29.3 Å². The summed E-state index contributed by atoms with van der Waals surface area (Å²) in [5, 5.41) is 12.0. The van der Waals surface area contributed by atoms with Gasteiger partial charge in [0, 0.05) is 49.4 Å². The second-order valence-corrected chi connectivity index (χ2v) is 19.1. The standard InChI is InChI=1S/C63H62N3O.Pt/c1-39-32-41(3)59(67)52(33-39)60-65-58-51(46-35-47(37-49(36-46)62(7,8)9)54-38-44(30-31-64-54)42-24-27-48(28-25-42)61(4,5)6)21-17-23-56(58)66(60)55-29-26-45(34-40(55)2)57-50(43-18-14-13-15-19-43)20-16-22-53(57)63(10,11)12;/h13-34,36-38,67H,1-12H3;/q-1;/i2D3,4D3,5D3,6D3,24D,25D,27D,28D,30D,31D,38D;. The summed E-state index contributed by atoms with van der Waals surface area (Å²) in [5.41, 5.74) is 0.282. The molecule has 0 aliphatic rings. The number of aromatic nitrogens is 3. The fourth-order valence-electron chi connectivity index (χ4n) is 8.58. The molecule has 0 aliphatic carbocycles. The second kappa shape index (κ2) is 18.3. The summed E-state index contributed by atoms with van der Waals surface area (Å²) in [5.74, 6) is 0.110. The van der Waals surface area contributed by atoms with Crippen LogP contribution in [0.15, 0.2) is 152 Å². The van der Waals surface area contributed by atoms with Crippen molar-refractivity contribution in [2.75, 3.05) is 0 Å². The molecule has 0 bridgehead atoms. The second-order valence-electron chi connectivity index (χ2n) is 19.1. The van der Waals surface area contributed by atoms with E-state index in [4.69, 9.17) is 22.8 Å². The largest absolute Gasteiger partial charge is 0.507 e. The van der Waals surface area contributed by atoms with E-state index in [2.05, 4.69) is 37.9 Å². The van der Waals surface area contributed by atoms with Crippen molar-refractivity contribution in [2.24, 2.45) is 0 Å². The van der Waals surface area contributed by atoms with E-state index in [0.29, 0.717) is 44.4 Å². The minimum atomic E-state index is -3.95. The summed E-state index contributed by atoms with van der Waals surface area (Å²) >= 11 is 0. The third-order valence-corrected chi connectivity index (χ3v) is 12.0. The van der Waals surface area contributed by atoms with Gasteiger partial charge >= 0.3 is 0 Å². The van der Waals surface area contributed by atoms with Gasteiger partial charge in [0.15, 0.2) is 0 Å². The SMILES string of the molecule is [2H]c1nc(-c2[c-]c(-c3cccc4c3nc(-c3cc(C)cc(C)c3O)n4-c3ccc(-c4c(-c5ccccc5)cccc4C(C)(C)C)cc3C([2H])([2H])[2H])cc(C(C)(C)C)c2)c([2H])c(-c2c([2H])c([2H])c(C(C([2H])([2H])[2H])(C([2H])([2H])[2H])C([2H])([2H])[2H])c([2H])c2[2H])c1[2H].[Pt]. The first-order chi connectivity index (χ1) is 39.6. The molecule has 0 saturated heterocycles. The van der Waals surface area contributed by atoms with Crippen LogP contribution in [0.25, 0.3) is 83.9 Å². The molecule has 1 N–H and O–H groups in total. The van der Waals surface area contributed by atoms with E-state index in [1.165, 1.54) is 0 Å². The number of phenols is 1. The van der Waals surface area contributed by atoms with E-state index in [9.17, 15) is 13.3 Å². The minimum Gasteiger partial charge on any atom is -0.507 e. The van der Waals surface area contributed by atoms with Crippen LogP contribution in [0.4, 0.5) is 0 Å². The zero-order chi connectivity index (χ0) is 63.7. The topological polar surface area (TPSA) is 50.9 Å². The van der Waals surface area contributed by atoms with Gasteiger partial charge < -0.3 is 5.11 Å². The third-order valence-electron chi connectivity index (χ3n) is 12.0. The van der Waals surface area contributed by atoms with E-state index in [1.54, 1.807) is 54.0 Å². The Kier molecular flexibility index (Phi) is 7.93. The Bertz CT molecular complexity index is 4140. The number of benzene rings is 7. The first-order valence-electron chi connectivity index (χ1n) is 31.5. The van der Waals surface area contributed by atoms with Crippen LogP contribution in [0.5, 0.6) is 5.75 Å². The summed E-state index contributed by atoms with van der Waals surface area (Å²) < 4.78 is 168. The normalized spacial score (nSPS) is 16.9. The molecule has 0 aliphatic heterocycles. The van der Waals surface area contributed by atoms with Crippen molar-refractivity contribution in [2.45, 2.75) is 99.0 Å². The van der Waals surface area contributed by atoms with Crippen molar-refractivity contribution in [3.63, 3.8) is 0 Å². The molecule has 5 heteroatoms. The van der Waals surface area contributed by atoms with Crippen LogP contribution in [0.2, 0.25) is 0 Å². The van der Waals surface area contributed by atoms with E-state index >= 15 is 0 Å². The Labute approximate surface area is 445 Å². The molecule has 0 atom stereocenters. The summed E-state index contributed by atoms with van der Waals surface area (Å²) in [6.07, 6.45) is -0.794. The molecular formula is C63H62N3OPt-. The van der Waals surface area contributed by atoms with E-state index in [1.807, 2.05) is 88.4 Å². The van der Waals surface area contributed by atoms with Gasteiger partial charge in [0.25, 0.3) is 0 Å². The fraction of sp³-hybridized carbons (Fsp3) is 0.238. The molecule has 0 radical (unpaired) electrons. The maximum atomic E-state index is 12.0. The van der Waals surface area contributed by atoms with Crippen molar-refractivity contribution in [1.82, 2.24) is 14.5 Å². The molecule has 4 nitrogen and oxygen atoms in total. The monoisotopic (exact) mass is 1090 g/mol. The van der Waals surface area contributed by atoms with E-state index in [0.717, 1.165) is 27.8 Å². The third kappa shape index (κ3) is 9.29. The average Bonchev–Trinajstić information content (AvgIpc) is 1.00. The van der Waals surface area contributed by atoms with Gasteiger partial charge in [-0.25, -0.2) is 4.98 Å². The Balaban J connectivity index is 0.00000982. The number of pyridine rings is 1. The Hall–Kier alpha value is -6.35. The smallest absolute Gasteiger partial charge is 0.148 e. The molecule has 9 rings (SSSR count). The summed E-state index contributed by atoms with van der Waals surface area (Å²) in [6.45, 7) is 1.12. The number of phenolic OH excluding ortho intramolecular Hbond substituents is 1. The molecule has 0 amide bonds. The number of hydrogen-bond donors (Lipinski definition) is 1. The molecule has 0 saturated carbocycles. The summed E-state index contributed by atoms with van der Waals surface area (Å²) in [7, 11) is 0. The summed E-state index contributed by atoms with van der Waals surface area (Å²) in [6, 6.07) is 30.5. The van der Waals surface area contributed by atoms with Crippen molar-refractivity contribution < 1.29 is 52.2 Å². The van der Waals surface area contributed by atoms with Crippen LogP contribution < -0.4 is 0 Å². The Morgan fingerprint density at radius 3 is 2.04 bits per heavy atom. The van der Waals surface area contributed by atoms with Gasteiger partial charge in [0.05, 0.1) is 31.9 Å². The zero-order valence-electron chi connectivity index (χ0n) is 58.0. The van der Waals surface area contributed by atoms with Crippen LogP contribution in [-0.4, -0.2) is 19.6 Å². The number of hydrogen-bond acceptors (Lipinski definition) is 3. The predicted octanol–water partition coefficient (Wildman–Crippen LogP) is 16.7. The number of aromatic hydroxyl groups is 1. The number of rotatable bonds is 7. The molecule has 0 spiro atoms. The maximum absolute atomic E-state index is 12.0. The molecule has 346 valence electrons.